The summed E-state index contributed by atoms with van der Waals surface area (Å²) in [4.78, 5) is 8.85. The SMILES string of the molecule is CCCCCNC(=NCCCSc1nccs1)NCC. The van der Waals surface area contributed by atoms with Crippen LogP contribution in [-0.4, -0.2) is 36.3 Å². The van der Waals surface area contributed by atoms with E-state index < -0.39 is 0 Å². The van der Waals surface area contributed by atoms with E-state index in [2.05, 4.69) is 34.5 Å². The molecule has 1 rings (SSSR count). The van der Waals surface area contributed by atoms with Gasteiger partial charge in [0.2, 0.25) is 0 Å². The zero-order chi connectivity index (χ0) is 14.5. The van der Waals surface area contributed by atoms with Gasteiger partial charge in [-0.15, -0.1) is 11.3 Å². The first-order valence-electron chi connectivity index (χ1n) is 7.41. The molecule has 0 aliphatic carbocycles. The average molecular weight is 315 g/mol. The van der Waals surface area contributed by atoms with Gasteiger partial charge in [0.15, 0.2) is 5.96 Å². The zero-order valence-electron chi connectivity index (χ0n) is 12.5. The Hall–Kier alpha value is -0.750. The van der Waals surface area contributed by atoms with Gasteiger partial charge in [-0.25, -0.2) is 4.98 Å². The predicted octanol–water partition coefficient (Wildman–Crippen LogP) is 3.37. The normalized spacial score (nSPS) is 11.6. The topological polar surface area (TPSA) is 49.3 Å². The van der Waals surface area contributed by atoms with Gasteiger partial charge in [-0.05, 0) is 19.8 Å². The lowest BCUT2D eigenvalue weighted by molar-refractivity contribution is 0.683. The molecular formula is C14H26N4S2. The van der Waals surface area contributed by atoms with E-state index in [1.54, 1.807) is 11.3 Å². The number of unbranched alkanes of at least 4 members (excludes halogenated alkanes) is 2. The minimum atomic E-state index is 0.863. The Bertz CT molecular complexity index is 352. The molecule has 0 spiro atoms. The molecule has 0 radical (unpaired) electrons. The fourth-order valence-corrected chi connectivity index (χ4v) is 3.25. The van der Waals surface area contributed by atoms with Crippen molar-refractivity contribution in [1.29, 1.82) is 0 Å². The lowest BCUT2D eigenvalue weighted by atomic mass is 10.2. The molecule has 2 N–H and O–H groups in total. The first kappa shape index (κ1) is 17.3. The summed E-state index contributed by atoms with van der Waals surface area (Å²) in [5, 5.41) is 8.69. The molecule has 0 fully saturated rings. The third-order valence-corrected chi connectivity index (χ3v) is 4.68. The van der Waals surface area contributed by atoms with Gasteiger partial charge in [-0.2, -0.15) is 0 Å². The molecule has 20 heavy (non-hydrogen) atoms. The molecule has 0 aliphatic rings. The molecule has 0 saturated carbocycles. The van der Waals surface area contributed by atoms with E-state index >= 15 is 0 Å². The van der Waals surface area contributed by atoms with Gasteiger partial charge in [-0.1, -0.05) is 31.5 Å². The number of nitrogens with one attached hydrogen (secondary N) is 2. The second-order valence-corrected chi connectivity index (χ2v) is 6.63. The van der Waals surface area contributed by atoms with Crippen molar-refractivity contribution in [1.82, 2.24) is 15.6 Å². The quantitative estimate of drug-likeness (QED) is 0.301. The molecule has 1 heterocycles. The Morgan fingerprint density at radius 3 is 2.90 bits per heavy atom. The minimum Gasteiger partial charge on any atom is -0.357 e. The number of rotatable bonds is 10. The van der Waals surface area contributed by atoms with Crippen molar-refractivity contribution in [3.63, 3.8) is 0 Å². The van der Waals surface area contributed by atoms with Crippen LogP contribution in [0.4, 0.5) is 0 Å². The van der Waals surface area contributed by atoms with Crippen LogP contribution in [0.3, 0.4) is 0 Å². The molecule has 0 aromatic carbocycles. The van der Waals surface area contributed by atoms with Crippen LogP contribution in [0.15, 0.2) is 20.9 Å². The summed E-state index contributed by atoms with van der Waals surface area (Å²) in [5.41, 5.74) is 0. The Morgan fingerprint density at radius 2 is 2.20 bits per heavy atom. The minimum absolute atomic E-state index is 0.863. The summed E-state index contributed by atoms with van der Waals surface area (Å²) in [6.07, 6.45) is 6.67. The van der Waals surface area contributed by atoms with Crippen molar-refractivity contribution in [3.05, 3.63) is 11.6 Å². The Balaban J connectivity index is 2.13. The molecule has 0 unspecified atom stereocenters. The van der Waals surface area contributed by atoms with Gasteiger partial charge in [0.25, 0.3) is 0 Å². The highest BCUT2D eigenvalue weighted by Crippen LogP contribution is 2.20. The van der Waals surface area contributed by atoms with Gasteiger partial charge < -0.3 is 10.6 Å². The molecule has 0 amide bonds. The number of nitrogens with zero attached hydrogens (tertiary/aromatic N) is 2. The lowest BCUT2D eigenvalue weighted by Gasteiger charge is -2.10. The first-order valence-corrected chi connectivity index (χ1v) is 9.27. The second-order valence-electron chi connectivity index (χ2n) is 4.39. The summed E-state index contributed by atoms with van der Waals surface area (Å²) in [6, 6.07) is 0. The van der Waals surface area contributed by atoms with Gasteiger partial charge in [0, 0.05) is 37.0 Å². The van der Waals surface area contributed by atoms with Crippen molar-refractivity contribution >= 4 is 29.1 Å². The third-order valence-electron chi connectivity index (χ3n) is 2.62. The van der Waals surface area contributed by atoms with Crippen molar-refractivity contribution in [2.24, 2.45) is 4.99 Å². The highest BCUT2D eigenvalue weighted by molar-refractivity contribution is 8.00. The van der Waals surface area contributed by atoms with Crippen LogP contribution in [0.5, 0.6) is 0 Å². The van der Waals surface area contributed by atoms with E-state index in [1.807, 2.05) is 23.3 Å². The van der Waals surface area contributed by atoms with Gasteiger partial charge in [0.05, 0.1) is 0 Å². The van der Waals surface area contributed by atoms with Crippen molar-refractivity contribution in [2.45, 2.75) is 43.9 Å². The monoisotopic (exact) mass is 314 g/mol. The number of thioether (sulfide) groups is 1. The highest BCUT2D eigenvalue weighted by Gasteiger charge is 1.98. The second kappa shape index (κ2) is 12.0. The van der Waals surface area contributed by atoms with Crippen molar-refractivity contribution in [3.8, 4) is 0 Å². The van der Waals surface area contributed by atoms with Crippen LogP contribution < -0.4 is 10.6 Å². The van der Waals surface area contributed by atoms with E-state index in [0.717, 1.165) is 42.1 Å². The van der Waals surface area contributed by atoms with Crippen molar-refractivity contribution < 1.29 is 0 Å². The number of hydrogen-bond donors (Lipinski definition) is 2. The predicted molar refractivity (Wildman–Crippen MR) is 91.0 cm³/mol. The molecular weight excluding hydrogens is 288 g/mol. The van der Waals surface area contributed by atoms with E-state index in [-0.39, 0.29) is 0 Å². The summed E-state index contributed by atoms with van der Waals surface area (Å²) in [6.45, 7) is 7.10. The highest BCUT2D eigenvalue weighted by atomic mass is 32.2. The number of guanidine groups is 1. The van der Waals surface area contributed by atoms with Gasteiger partial charge >= 0.3 is 0 Å². The summed E-state index contributed by atoms with van der Waals surface area (Å²) >= 11 is 3.52. The number of hydrogen-bond acceptors (Lipinski definition) is 4. The standard InChI is InChI=1S/C14H26N4S2/c1-3-5-6-8-16-13(15-4-2)17-9-7-11-19-14-18-10-12-20-14/h10,12H,3-9,11H2,1-2H3,(H2,15,16,17). The summed E-state index contributed by atoms with van der Waals surface area (Å²) in [5.74, 6) is 2.02. The Morgan fingerprint density at radius 1 is 1.30 bits per heavy atom. The lowest BCUT2D eigenvalue weighted by Crippen LogP contribution is -2.37. The van der Waals surface area contributed by atoms with Crippen molar-refractivity contribution in [2.75, 3.05) is 25.4 Å². The Kier molecular flexibility index (Phi) is 10.4. The molecule has 1 aromatic heterocycles. The molecule has 0 aliphatic heterocycles. The first-order chi connectivity index (χ1) is 9.86. The molecule has 114 valence electrons. The zero-order valence-corrected chi connectivity index (χ0v) is 14.2. The number of aliphatic imine (C=N–C) groups is 1. The fourth-order valence-electron chi connectivity index (χ4n) is 1.62. The molecule has 6 heteroatoms. The fraction of sp³-hybridized carbons (Fsp3) is 0.714. The van der Waals surface area contributed by atoms with E-state index in [0.29, 0.717) is 0 Å². The Labute approximate surface area is 130 Å². The maximum atomic E-state index is 4.59. The molecule has 0 bridgehead atoms. The average Bonchev–Trinajstić information content (AvgIpc) is 2.96. The number of aromatic nitrogens is 1. The van der Waals surface area contributed by atoms with Gasteiger partial charge in [-0.3, -0.25) is 4.99 Å². The van der Waals surface area contributed by atoms with E-state index in [4.69, 9.17) is 0 Å². The maximum Gasteiger partial charge on any atom is 0.191 e. The van der Waals surface area contributed by atoms with Crippen LogP contribution in [0, 0.1) is 0 Å². The molecule has 1 aromatic rings. The molecule has 4 nitrogen and oxygen atoms in total. The largest absolute Gasteiger partial charge is 0.357 e. The van der Waals surface area contributed by atoms with E-state index in [1.165, 1.54) is 19.3 Å². The van der Waals surface area contributed by atoms with Crippen LogP contribution in [0.25, 0.3) is 0 Å². The van der Waals surface area contributed by atoms with Crippen LogP contribution in [0.2, 0.25) is 0 Å². The third kappa shape index (κ3) is 8.43. The summed E-state index contributed by atoms with van der Waals surface area (Å²) < 4.78 is 1.15. The van der Waals surface area contributed by atoms with Gasteiger partial charge in [0.1, 0.15) is 4.34 Å². The smallest absolute Gasteiger partial charge is 0.191 e. The molecule has 0 atom stereocenters. The molecule has 0 saturated heterocycles. The van der Waals surface area contributed by atoms with Crippen LogP contribution >= 0.6 is 23.1 Å². The van der Waals surface area contributed by atoms with Crippen LogP contribution in [0.1, 0.15) is 39.5 Å². The van der Waals surface area contributed by atoms with E-state index in [9.17, 15) is 0 Å². The number of thiazole rings is 1. The summed E-state index contributed by atoms with van der Waals surface area (Å²) in [7, 11) is 0. The van der Waals surface area contributed by atoms with Crippen LogP contribution in [-0.2, 0) is 0 Å². The maximum absolute atomic E-state index is 4.59.